The summed E-state index contributed by atoms with van der Waals surface area (Å²) in [6.45, 7) is -0.524. The topological polar surface area (TPSA) is 91.8 Å². The molecule has 1 saturated heterocycles. The monoisotopic (exact) mass is 277 g/mol. The molecule has 1 aliphatic rings. The number of nitrogens with one attached hydrogen (secondary N) is 1. The molecular formula is C11H13F2NO5. The first kappa shape index (κ1) is 14.1. The van der Waals surface area contributed by atoms with E-state index >= 15 is 0 Å². The Kier molecular flexibility index (Phi) is 3.95. The first-order chi connectivity index (χ1) is 8.99. The zero-order valence-electron chi connectivity index (χ0n) is 9.97. The van der Waals surface area contributed by atoms with Crippen molar-refractivity contribution < 1.29 is 28.5 Å². The van der Waals surface area contributed by atoms with Crippen molar-refractivity contribution >= 4 is 0 Å². The van der Waals surface area contributed by atoms with Gasteiger partial charge < -0.3 is 19.7 Å². The van der Waals surface area contributed by atoms with Crippen LogP contribution in [0.5, 0.6) is 0 Å². The van der Waals surface area contributed by atoms with Gasteiger partial charge in [-0.25, -0.2) is 4.39 Å². The fourth-order valence-electron chi connectivity index (χ4n) is 2.15. The lowest BCUT2D eigenvalue weighted by atomic mass is 10.0. The summed E-state index contributed by atoms with van der Waals surface area (Å²) in [6, 6.07) is 0.577. The van der Waals surface area contributed by atoms with Crippen LogP contribution in [0, 0.1) is 11.8 Å². The van der Waals surface area contributed by atoms with E-state index < -0.39 is 53.9 Å². The third kappa shape index (κ3) is 2.39. The van der Waals surface area contributed by atoms with Crippen molar-refractivity contribution in [3.05, 3.63) is 33.7 Å². The highest BCUT2D eigenvalue weighted by Gasteiger charge is 2.46. The average molecular weight is 277 g/mol. The lowest BCUT2D eigenvalue weighted by molar-refractivity contribution is -0.0262. The number of hydrogen-bond donors (Lipinski definition) is 3. The van der Waals surface area contributed by atoms with Crippen LogP contribution in [0.25, 0.3) is 0 Å². The Bertz CT molecular complexity index is 494. The molecule has 2 heterocycles. The number of halogens is 2. The van der Waals surface area contributed by atoms with E-state index in [4.69, 9.17) is 14.6 Å². The number of hydrogen-bond acceptors (Lipinski definition) is 5. The number of ether oxygens (including phenoxy) is 2. The lowest BCUT2D eigenvalue weighted by Crippen LogP contribution is -2.34. The molecule has 1 aliphatic heterocycles. The van der Waals surface area contributed by atoms with Crippen LogP contribution in [-0.2, 0) is 9.47 Å². The highest BCUT2D eigenvalue weighted by atomic mass is 19.1. The predicted octanol–water partition coefficient (Wildman–Crippen LogP) is -0.539. The minimum atomic E-state index is -1.26. The maximum absolute atomic E-state index is 13.7. The van der Waals surface area contributed by atoms with E-state index in [1.54, 1.807) is 4.98 Å². The summed E-state index contributed by atoms with van der Waals surface area (Å²) >= 11 is 0. The van der Waals surface area contributed by atoms with Crippen molar-refractivity contribution in [1.82, 2.24) is 4.98 Å². The van der Waals surface area contributed by atoms with Gasteiger partial charge in [0.1, 0.15) is 30.2 Å². The molecule has 106 valence electrons. The van der Waals surface area contributed by atoms with Crippen molar-refractivity contribution in [3.63, 3.8) is 0 Å². The van der Waals surface area contributed by atoms with E-state index in [9.17, 15) is 18.7 Å². The van der Waals surface area contributed by atoms with E-state index in [2.05, 4.69) is 0 Å². The van der Waals surface area contributed by atoms with Gasteiger partial charge in [-0.2, -0.15) is 4.39 Å². The maximum atomic E-state index is 13.7. The van der Waals surface area contributed by atoms with Crippen LogP contribution in [0.3, 0.4) is 0 Å². The Hall–Kier alpha value is -1.35. The first-order valence-electron chi connectivity index (χ1n) is 5.55. The second-order valence-electron chi connectivity index (χ2n) is 4.18. The SMILES string of the molecule is COC1C(O)[C@@H](CO)O[C@H]1c1c(F)cc(=O)[nH]c1F. The van der Waals surface area contributed by atoms with E-state index in [0.29, 0.717) is 6.07 Å². The molecule has 0 spiro atoms. The number of aliphatic hydroxyl groups is 2. The number of aromatic amines is 1. The predicted molar refractivity (Wildman–Crippen MR) is 58.5 cm³/mol. The number of rotatable bonds is 3. The molecule has 4 atom stereocenters. The Morgan fingerprint density at radius 2 is 2.21 bits per heavy atom. The molecule has 0 saturated carbocycles. The molecule has 1 aromatic heterocycles. The van der Waals surface area contributed by atoms with Gasteiger partial charge in [-0.3, -0.25) is 9.78 Å². The number of methoxy groups -OCH3 is 1. The Morgan fingerprint density at radius 1 is 1.53 bits per heavy atom. The lowest BCUT2D eigenvalue weighted by Gasteiger charge is -2.19. The van der Waals surface area contributed by atoms with E-state index in [0.717, 1.165) is 0 Å². The Labute approximate surface area is 106 Å². The third-order valence-corrected chi connectivity index (χ3v) is 3.06. The third-order valence-electron chi connectivity index (χ3n) is 3.06. The molecule has 2 unspecified atom stereocenters. The standard InChI is InChI=1S/C11H13F2NO5/c1-18-10-8(17)5(3-15)19-9(10)7-4(12)2-6(16)14-11(7)13/h2,5,8-10,15,17H,3H2,1H3,(H,14,16)/t5-,8?,9+,10?/m1/s1. The van der Waals surface area contributed by atoms with Gasteiger partial charge in [-0.1, -0.05) is 0 Å². The highest BCUT2D eigenvalue weighted by molar-refractivity contribution is 5.20. The van der Waals surface area contributed by atoms with Crippen LogP contribution in [0.2, 0.25) is 0 Å². The van der Waals surface area contributed by atoms with Crippen LogP contribution in [0.15, 0.2) is 10.9 Å². The zero-order chi connectivity index (χ0) is 14.2. The van der Waals surface area contributed by atoms with Crippen LogP contribution in [-0.4, -0.2) is 47.2 Å². The van der Waals surface area contributed by atoms with Crippen molar-refractivity contribution in [2.45, 2.75) is 24.4 Å². The van der Waals surface area contributed by atoms with Gasteiger partial charge in [0.05, 0.1) is 12.2 Å². The summed E-state index contributed by atoms with van der Waals surface area (Å²) in [5.41, 5.74) is -1.47. The van der Waals surface area contributed by atoms with Gasteiger partial charge in [0.15, 0.2) is 0 Å². The Balaban J connectivity index is 2.44. The second-order valence-corrected chi connectivity index (χ2v) is 4.18. The van der Waals surface area contributed by atoms with Crippen LogP contribution >= 0.6 is 0 Å². The van der Waals surface area contributed by atoms with Crippen molar-refractivity contribution in [2.24, 2.45) is 0 Å². The summed E-state index contributed by atoms with van der Waals surface area (Å²) in [5.74, 6) is -2.29. The maximum Gasteiger partial charge on any atom is 0.253 e. The summed E-state index contributed by atoms with van der Waals surface area (Å²) in [4.78, 5) is 12.7. The fraction of sp³-hybridized carbons (Fsp3) is 0.545. The van der Waals surface area contributed by atoms with Gasteiger partial charge in [0, 0.05) is 13.2 Å². The highest BCUT2D eigenvalue weighted by Crippen LogP contribution is 2.36. The number of aromatic nitrogens is 1. The molecule has 1 fully saturated rings. The first-order valence-corrected chi connectivity index (χ1v) is 5.55. The minimum Gasteiger partial charge on any atom is -0.394 e. The van der Waals surface area contributed by atoms with E-state index in [1.165, 1.54) is 7.11 Å². The molecule has 6 nitrogen and oxygen atoms in total. The van der Waals surface area contributed by atoms with Crippen molar-refractivity contribution in [1.29, 1.82) is 0 Å². The normalized spacial score (nSPS) is 30.8. The number of H-pyrrole nitrogens is 1. The fourth-order valence-corrected chi connectivity index (χ4v) is 2.15. The van der Waals surface area contributed by atoms with Crippen LogP contribution in [0.4, 0.5) is 8.78 Å². The number of aliphatic hydroxyl groups excluding tert-OH is 2. The zero-order valence-corrected chi connectivity index (χ0v) is 9.97. The van der Waals surface area contributed by atoms with Crippen molar-refractivity contribution in [2.75, 3.05) is 13.7 Å². The molecule has 8 heteroatoms. The smallest absolute Gasteiger partial charge is 0.253 e. The Morgan fingerprint density at radius 3 is 2.74 bits per heavy atom. The molecule has 19 heavy (non-hydrogen) atoms. The van der Waals surface area contributed by atoms with E-state index in [-0.39, 0.29) is 0 Å². The molecule has 1 aromatic rings. The molecule has 3 N–H and O–H groups in total. The molecule has 0 aliphatic carbocycles. The molecule has 0 bridgehead atoms. The van der Waals surface area contributed by atoms with Gasteiger partial charge in [0.25, 0.3) is 5.56 Å². The summed E-state index contributed by atoms with van der Waals surface area (Å²) in [5, 5.41) is 18.8. The molecule has 0 amide bonds. The van der Waals surface area contributed by atoms with Crippen molar-refractivity contribution in [3.8, 4) is 0 Å². The summed E-state index contributed by atoms with van der Waals surface area (Å²) in [6.07, 6.45) is -4.55. The van der Waals surface area contributed by atoms with Gasteiger partial charge in [-0.05, 0) is 0 Å². The molecule has 0 radical (unpaired) electrons. The second kappa shape index (κ2) is 5.33. The summed E-state index contributed by atoms with van der Waals surface area (Å²) in [7, 11) is 1.24. The van der Waals surface area contributed by atoms with Gasteiger partial charge in [0.2, 0.25) is 5.95 Å². The summed E-state index contributed by atoms with van der Waals surface area (Å²) < 4.78 is 37.5. The minimum absolute atomic E-state index is 0.524. The van der Waals surface area contributed by atoms with Crippen LogP contribution in [0.1, 0.15) is 11.7 Å². The van der Waals surface area contributed by atoms with E-state index in [1.807, 2.05) is 0 Å². The molecular weight excluding hydrogens is 264 g/mol. The van der Waals surface area contributed by atoms with Gasteiger partial charge in [-0.15, -0.1) is 0 Å². The van der Waals surface area contributed by atoms with Gasteiger partial charge >= 0.3 is 0 Å². The largest absolute Gasteiger partial charge is 0.394 e. The molecule has 2 rings (SSSR count). The van der Waals surface area contributed by atoms with Crippen LogP contribution < -0.4 is 5.56 Å². The quantitative estimate of drug-likeness (QED) is 0.645. The number of pyridine rings is 1. The molecule has 0 aromatic carbocycles. The average Bonchev–Trinajstić information content (AvgIpc) is 2.64.